The van der Waals surface area contributed by atoms with Crippen LogP contribution in [0.2, 0.25) is 0 Å². The molecule has 0 saturated carbocycles. The van der Waals surface area contributed by atoms with Crippen molar-refractivity contribution in [2.45, 2.75) is 6.18 Å². The van der Waals surface area contributed by atoms with Gasteiger partial charge in [-0.15, -0.1) is 10.2 Å². The molecule has 2 aromatic rings. The lowest BCUT2D eigenvalue weighted by atomic mass is 10.1. The molecule has 1 saturated heterocycles. The monoisotopic (exact) mass is 311 g/mol. The molecule has 0 spiro atoms. The van der Waals surface area contributed by atoms with E-state index >= 15 is 0 Å². The Labute approximate surface area is 126 Å². The van der Waals surface area contributed by atoms with Crippen LogP contribution >= 0.6 is 0 Å². The maximum atomic E-state index is 12.5. The molecule has 0 amide bonds. The second-order valence-electron chi connectivity index (χ2n) is 4.60. The highest BCUT2D eigenvalue weighted by molar-refractivity contribution is 5.49. The maximum absolute atomic E-state index is 12.5. The fourth-order valence-corrected chi connectivity index (χ4v) is 2.01. The molecule has 118 valence electrons. The van der Waals surface area contributed by atoms with Crippen LogP contribution in [0, 0.1) is 0 Å². The van der Waals surface area contributed by atoms with Gasteiger partial charge in [-0.3, -0.25) is 0 Å². The van der Waals surface area contributed by atoms with E-state index in [-0.39, 0.29) is 0 Å². The molecule has 0 unspecified atom stereocenters. The van der Waals surface area contributed by atoms with E-state index in [1.165, 1.54) is 12.1 Å². The van der Waals surface area contributed by atoms with Crippen molar-refractivity contribution in [3.05, 3.63) is 48.3 Å². The van der Waals surface area contributed by atoms with E-state index in [2.05, 4.69) is 20.7 Å². The normalized spacial score (nSPS) is 15.0. The first kappa shape index (κ1) is 16.2. The molecule has 0 radical (unpaired) electrons. The summed E-state index contributed by atoms with van der Waals surface area (Å²) in [5.74, 6) is 0. The number of anilines is 1. The van der Waals surface area contributed by atoms with E-state index in [0.29, 0.717) is 5.69 Å². The summed E-state index contributed by atoms with van der Waals surface area (Å²) in [5, 5.41) is 13.3. The molecular formula is C14H16F3N5. The van der Waals surface area contributed by atoms with E-state index in [1.54, 1.807) is 24.5 Å². The van der Waals surface area contributed by atoms with Gasteiger partial charge >= 0.3 is 6.18 Å². The van der Waals surface area contributed by atoms with Gasteiger partial charge in [-0.1, -0.05) is 6.07 Å². The summed E-state index contributed by atoms with van der Waals surface area (Å²) in [6, 6.07) is 7.21. The van der Waals surface area contributed by atoms with Gasteiger partial charge in [0.2, 0.25) is 0 Å². The second kappa shape index (κ2) is 7.69. The van der Waals surface area contributed by atoms with E-state index < -0.39 is 11.7 Å². The quantitative estimate of drug-likeness (QED) is 0.873. The highest BCUT2D eigenvalue weighted by atomic mass is 19.4. The number of hydrogen-bond acceptors (Lipinski definition) is 5. The molecule has 0 atom stereocenters. The third kappa shape index (κ3) is 4.96. The minimum atomic E-state index is -4.26. The number of benzene rings is 1. The van der Waals surface area contributed by atoms with Gasteiger partial charge < -0.3 is 10.2 Å². The summed E-state index contributed by atoms with van der Waals surface area (Å²) in [7, 11) is 0. The van der Waals surface area contributed by atoms with Crippen molar-refractivity contribution < 1.29 is 13.2 Å². The standard InChI is InChI=1S/C11H13F3N2.C3H3N3/c12-11(13,14)9-2-1-3-10(8-9)16-6-4-15-5-7-16;1-2-4-6-5-3-1/h1-3,8,15H,4-7H2;1-3H. The lowest BCUT2D eigenvalue weighted by molar-refractivity contribution is -0.137. The van der Waals surface area contributed by atoms with Crippen LogP contribution in [0.5, 0.6) is 0 Å². The molecule has 1 aromatic carbocycles. The summed E-state index contributed by atoms with van der Waals surface area (Å²) in [4.78, 5) is 1.96. The van der Waals surface area contributed by atoms with E-state index in [0.717, 1.165) is 32.2 Å². The number of hydrogen-bond donors (Lipinski definition) is 1. The fraction of sp³-hybridized carbons (Fsp3) is 0.357. The van der Waals surface area contributed by atoms with Crippen molar-refractivity contribution in [2.75, 3.05) is 31.1 Å². The van der Waals surface area contributed by atoms with Crippen LogP contribution in [0.25, 0.3) is 0 Å². The first-order valence-electron chi connectivity index (χ1n) is 6.78. The molecule has 2 heterocycles. The molecule has 22 heavy (non-hydrogen) atoms. The van der Waals surface area contributed by atoms with Gasteiger partial charge in [-0.2, -0.15) is 13.2 Å². The van der Waals surface area contributed by atoms with Crippen LogP contribution < -0.4 is 10.2 Å². The topological polar surface area (TPSA) is 53.9 Å². The zero-order chi connectivity index (χ0) is 15.8. The Balaban J connectivity index is 0.000000246. The van der Waals surface area contributed by atoms with Gasteiger partial charge in [0.25, 0.3) is 0 Å². The van der Waals surface area contributed by atoms with Crippen molar-refractivity contribution in [3.63, 3.8) is 0 Å². The number of alkyl halides is 3. The van der Waals surface area contributed by atoms with Crippen LogP contribution in [0.1, 0.15) is 5.56 Å². The lowest BCUT2D eigenvalue weighted by Crippen LogP contribution is -2.43. The molecule has 1 fully saturated rings. The molecule has 5 nitrogen and oxygen atoms in total. The van der Waals surface area contributed by atoms with Crippen molar-refractivity contribution in [1.82, 2.24) is 20.7 Å². The lowest BCUT2D eigenvalue weighted by Gasteiger charge is -2.29. The molecule has 1 aliphatic rings. The average Bonchev–Trinajstić information content (AvgIpc) is 2.57. The molecule has 8 heteroatoms. The van der Waals surface area contributed by atoms with Crippen molar-refractivity contribution in [3.8, 4) is 0 Å². The number of halogens is 3. The van der Waals surface area contributed by atoms with Crippen molar-refractivity contribution >= 4 is 5.69 Å². The van der Waals surface area contributed by atoms with Crippen LogP contribution in [0.3, 0.4) is 0 Å². The summed E-state index contributed by atoms with van der Waals surface area (Å²) >= 11 is 0. The van der Waals surface area contributed by atoms with Gasteiger partial charge in [0, 0.05) is 31.9 Å². The van der Waals surface area contributed by atoms with Gasteiger partial charge in [-0.05, 0) is 29.5 Å². The average molecular weight is 311 g/mol. The SMILES string of the molecule is FC(F)(F)c1cccc(N2CCNCC2)c1.c1cnnnc1. The van der Waals surface area contributed by atoms with Gasteiger partial charge in [-0.25, -0.2) is 0 Å². The zero-order valence-electron chi connectivity index (χ0n) is 11.8. The summed E-state index contributed by atoms with van der Waals surface area (Å²) in [6.07, 6.45) is -1.11. The number of aromatic nitrogens is 3. The van der Waals surface area contributed by atoms with Crippen LogP contribution in [0.15, 0.2) is 42.7 Å². The fourth-order valence-electron chi connectivity index (χ4n) is 2.01. The molecule has 3 rings (SSSR count). The predicted octanol–water partition coefficient (Wildman–Crippen LogP) is 1.99. The van der Waals surface area contributed by atoms with Gasteiger partial charge in [0.15, 0.2) is 0 Å². The molecule has 0 bridgehead atoms. The minimum Gasteiger partial charge on any atom is -0.369 e. The highest BCUT2D eigenvalue weighted by Crippen LogP contribution is 2.31. The number of nitrogens with one attached hydrogen (secondary N) is 1. The summed E-state index contributed by atoms with van der Waals surface area (Å²) < 4.78 is 37.5. The zero-order valence-corrected chi connectivity index (χ0v) is 11.8. The maximum Gasteiger partial charge on any atom is 0.416 e. The Morgan fingerprint density at radius 2 is 1.68 bits per heavy atom. The Morgan fingerprint density at radius 1 is 1.00 bits per heavy atom. The van der Waals surface area contributed by atoms with E-state index in [4.69, 9.17) is 0 Å². The Bertz CT molecular complexity index is 529. The van der Waals surface area contributed by atoms with Crippen LogP contribution in [0.4, 0.5) is 18.9 Å². The molecule has 1 N–H and O–H groups in total. The third-order valence-electron chi connectivity index (χ3n) is 3.06. The molecule has 0 aliphatic carbocycles. The van der Waals surface area contributed by atoms with Crippen molar-refractivity contribution in [2.24, 2.45) is 0 Å². The third-order valence-corrected chi connectivity index (χ3v) is 3.06. The van der Waals surface area contributed by atoms with Crippen LogP contribution in [-0.2, 0) is 6.18 Å². The smallest absolute Gasteiger partial charge is 0.369 e. The minimum absolute atomic E-state index is 0.580. The summed E-state index contributed by atoms with van der Waals surface area (Å²) in [5.41, 5.74) is 0.0693. The first-order valence-corrected chi connectivity index (χ1v) is 6.78. The number of nitrogens with zero attached hydrogens (tertiary/aromatic N) is 4. The Kier molecular flexibility index (Phi) is 5.65. The molecular weight excluding hydrogens is 295 g/mol. The largest absolute Gasteiger partial charge is 0.416 e. The van der Waals surface area contributed by atoms with E-state index in [9.17, 15) is 13.2 Å². The summed E-state index contributed by atoms with van der Waals surface area (Å²) in [6.45, 7) is 3.13. The van der Waals surface area contributed by atoms with Crippen molar-refractivity contribution in [1.29, 1.82) is 0 Å². The number of piperazine rings is 1. The van der Waals surface area contributed by atoms with Gasteiger partial charge in [0.1, 0.15) is 0 Å². The van der Waals surface area contributed by atoms with E-state index in [1.807, 2.05) is 4.90 Å². The van der Waals surface area contributed by atoms with Crippen LogP contribution in [-0.4, -0.2) is 41.6 Å². The number of rotatable bonds is 1. The predicted molar refractivity (Wildman–Crippen MR) is 76.4 cm³/mol. The highest BCUT2D eigenvalue weighted by Gasteiger charge is 2.30. The molecule has 1 aromatic heterocycles. The van der Waals surface area contributed by atoms with Gasteiger partial charge in [0.05, 0.1) is 18.0 Å². The molecule has 1 aliphatic heterocycles. The first-order chi connectivity index (χ1) is 10.6. The Morgan fingerprint density at radius 3 is 2.18 bits per heavy atom. The Hall–Kier alpha value is -2.22. The second-order valence-corrected chi connectivity index (χ2v) is 4.60.